The van der Waals surface area contributed by atoms with Gasteiger partial charge >= 0.3 is 33.4 Å². The first-order valence-corrected chi connectivity index (χ1v) is 16.8. The van der Waals surface area contributed by atoms with Crippen molar-refractivity contribution < 1.29 is 51.6 Å². The van der Waals surface area contributed by atoms with Gasteiger partial charge < -0.3 is 0 Å². The lowest BCUT2D eigenvalue weighted by atomic mass is 10.1. The average Bonchev–Trinajstić information content (AvgIpc) is 3.05. The molecule has 0 bridgehead atoms. The molecule has 6 aromatic rings. The molecule has 48 heavy (non-hydrogen) atoms. The van der Waals surface area contributed by atoms with Gasteiger partial charge in [0.05, 0.1) is 0 Å². The summed E-state index contributed by atoms with van der Waals surface area (Å²) in [5.41, 5.74) is 0. The van der Waals surface area contributed by atoms with E-state index in [-0.39, 0.29) is 14.7 Å². The molecule has 0 aliphatic carbocycles. The first-order chi connectivity index (χ1) is 22.4. The molecular formula is C34H21F9O3S2. The number of hydrogen-bond acceptors (Lipinski definition) is 3. The van der Waals surface area contributed by atoms with E-state index in [1.165, 1.54) is 54.6 Å². The molecule has 0 aromatic heterocycles. The Morgan fingerprint density at radius 2 is 0.729 bits per heavy atom. The van der Waals surface area contributed by atoms with Gasteiger partial charge in [-0.05, 0) is 79.0 Å². The van der Waals surface area contributed by atoms with Crippen LogP contribution in [0.25, 0.3) is 32.3 Å². The van der Waals surface area contributed by atoms with Gasteiger partial charge in [0, 0.05) is 14.7 Å². The molecule has 0 atom stereocenters. The second kappa shape index (κ2) is 11.4. The Morgan fingerprint density at radius 3 is 1.04 bits per heavy atom. The van der Waals surface area contributed by atoms with Crippen molar-refractivity contribution >= 4 is 52.7 Å². The molecule has 0 aliphatic heterocycles. The van der Waals surface area contributed by atoms with Crippen LogP contribution < -0.4 is 0 Å². The van der Waals surface area contributed by atoms with Crippen LogP contribution in [0.5, 0.6) is 0 Å². The number of benzene rings is 6. The number of alkyl halides is 9. The fourth-order valence-electron chi connectivity index (χ4n) is 5.26. The van der Waals surface area contributed by atoms with Gasteiger partial charge in [0.2, 0.25) is 0 Å². The Bertz CT molecular complexity index is 2100. The second-order valence-corrected chi connectivity index (χ2v) is 15.3. The Hall–Kier alpha value is -4.27. The number of fused-ring (bicyclic) bond motifs is 3. The predicted octanol–water partition coefficient (Wildman–Crippen LogP) is 11.1. The van der Waals surface area contributed by atoms with Crippen molar-refractivity contribution in [1.29, 1.82) is 0 Å². The highest BCUT2D eigenvalue weighted by molar-refractivity contribution is 8.33. The zero-order valence-electron chi connectivity index (χ0n) is 24.1. The van der Waals surface area contributed by atoms with Crippen LogP contribution in [0.15, 0.2) is 142 Å². The van der Waals surface area contributed by atoms with E-state index in [0.29, 0.717) is 32.3 Å². The van der Waals surface area contributed by atoms with Crippen LogP contribution in [-0.2, 0) is 13.7 Å². The van der Waals surface area contributed by atoms with Gasteiger partial charge in [-0.2, -0.15) is 47.9 Å². The van der Waals surface area contributed by atoms with Crippen LogP contribution in [0.1, 0.15) is 0 Å². The smallest absolute Gasteiger partial charge is 0.202 e. The Balaban J connectivity index is 1.71. The molecule has 0 heterocycles. The number of halogens is 9. The topological polar surface area (TPSA) is 43.4 Å². The largest absolute Gasteiger partial charge is 0.460 e. The quantitative estimate of drug-likeness (QED) is 0.148. The Kier molecular flexibility index (Phi) is 8.00. The van der Waals surface area contributed by atoms with Crippen molar-refractivity contribution in [3.05, 3.63) is 127 Å². The molecule has 0 saturated carbocycles. The zero-order valence-corrected chi connectivity index (χ0v) is 25.7. The van der Waals surface area contributed by atoms with E-state index < -0.39 is 43.7 Å². The van der Waals surface area contributed by atoms with Crippen LogP contribution in [0.4, 0.5) is 39.5 Å². The predicted molar refractivity (Wildman–Crippen MR) is 165 cm³/mol. The molecule has 14 heteroatoms. The van der Waals surface area contributed by atoms with Crippen LogP contribution in [0, 0.1) is 0 Å². The monoisotopic (exact) mass is 712 g/mol. The first kappa shape index (κ1) is 33.6. The van der Waals surface area contributed by atoms with E-state index in [2.05, 4.69) is 0 Å². The Labute approximate surface area is 269 Å². The minimum Gasteiger partial charge on any atom is -0.202 e. The summed E-state index contributed by atoms with van der Waals surface area (Å²) in [5.74, 6) is -15.0. The fourth-order valence-corrected chi connectivity index (χ4v) is 10.5. The highest BCUT2D eigenvalue weighted by Gasteiger charge is 2.86. The van der Waals surface area contributed by atoms with E-state index >= 15 is 8.78 Å². The van der Waals surface area contributed by atoms with Gasteiger partial charge in [-0.1, -0.05) is 91.0 Å². The van der Waals surface area contributed by atoms with Crippen LogP contribution >= 0.6 is 10.3 Å². The summed E-state index contributed by atoms with van der Waals surface area (Å²) in [6.45, 7) is 0. The standard InChI is InChI=1S/C34H21F9O3S2/c35-31(36,33(39,40)41)32(37,38)34(42,43)48(44,45)46-47(28-16-13-22-7-1-4-10-25(22)19-28,29-17-14-23-8-2-5-11-26(23)20-29)30-18-15-24-9-3-6-12-27(24)21-30/h1-21H. The zero-order chi connectivity index (χ0) is 34.8. The number of hydrogen-bond donors (Lipinski definition) is 0. The van der Waals surface area contributed by atoms with Crippen LogP contribution in [-0.4, -0.2) is 31.7 Å². The van der Waals surface area contributed by atoms with E-state index in [9.17, 15) is 39.2 Å². The summed E-state index contributed by atoms with van der Waals surface area (Å²) in [6, 6.07) is 32.1. The summed E-state index contributed by atoms with van der Waals surface area (Å²) >= 11 is 0. The third-order valence-electron chi connectivity index (χ3n) is 7.78. The highest BCUT2D eigenvalue weighted by Crippen LogP contribution is 2.72. The van der Waals surface area contributed by atoms with Gasteiger partial charge in [-0.25, -0.2) is 3.63 Å². The molecule has 0 N–H and O–H groups in total. The Morgan fingerprint density at radius 1 is 0.417 bits per heavy atom. The molecule has 0 fully saturated rings. The summed E-state index contributed by atoms with van der Waals surface area (Å²) in [5, 5.41) is -4.02. The maximum Gasteiger partial charge on any atom is 0.460 e. The van der Waals surface area contributed by atoms with Gasteiger partial charge in [-0.15, -0.1) is 0 Å². The lowest BCUT2D eigenvalue weighted by molar-refractivity contribution is -0.382. The molecule has 0 aliphatic rings. The molecule has 0 amide bonds. The fraction of sp³-hybridized carbons (Fsp3) is 0.118. The minimum absolute atomic E-state index is 0.156. The van der Waals surface area contributed by atoms with Crippen molar-refractivity contribution in [2.24, 2.45) is 0 Å². The van der Waals surface area contributed by atoms with Crippen molar-refractivity contribution in [3.63, 3.8) is 0 Å². The maximum absolute atomic E-state index is 15.4. The first-order valence-electron chi connectivity index (χ1n) is 13.9. The van der Waals surface area contributed by atoms with E-state index in [4.69, 9.17) is 3.63 Å². The lowest BCUT2D eigenvalue weighted by Gasteiger charge is -2.41. The molecule has 0 saturated heterocycles. The minimum atomic E-state index is -7.49. The summed E-state index contributed by atoms with van der Waals surface area (Å²) in [7, 11) is -11.6. The number of rotatable bonds is 8. The van der Waals surface area contributed by atoms with E-state index in [1.807, 2.05) is 0 Å². The van der Waals surface area contributed by atoms with Gasteiger partial charge in [0.1, 0.15) is 0 Å². The molecular weight excluding hydrogens is 691 g/mol. The normalized spacial score (nSPS) is 14.1. The molecule has 3 nitrogen and oxygen atoms in total. The average molecular weight is 713 g/mol. The molecule has 6 aromatic carbocycles. The van der Waals surface area contributed by atoms with Gasteiger partial charge in [0.15, 0.2) is 0 Å². The van der Waals surface area contributed by atoms with Gasteiger partial charge in [-0.3, -0.25) is 0 Å². The highest BCUT2D eigenvalue weighted by atomic mass is 32.3. The SMILES string of the molecule is O=S(=O)(OS(c1ccc2ccccc2c1)(c1ccc2ccccc2c1)c1ccc2ccccc2c1)C(F)(F)C(F)(F)C(F)(F)C(F)(F)F. The van der Waals surface area contributed by atoms with Crippen molar-refractivity contribution in [3.8, 4) is 0 Å². The molecule has 250 valence electrons. The van der Waals surface area contributed by atoms with Crippen LogP contribution in [0.3, 0.4) is 0 Å². The maximum atomic E-state index is 15.4. The lowest BCUT2D eigenvalue weighted by Crippen LogP contribution is -2.63. The second-order valence-electron chi connectivity index (χ2n) is 10.8. The third-order valence-corrected chi connectivity index (χ3v) is 13.0. The molecule has 0 unspecified atom stereocenters. The third kappa shape index (κ3) is 5.17. The van der Waals surface area contributed by atoms with Gasteiger partial charge in [0.25, 0.3) is 0 Å². The summed E-state index contributed by atoms with van der Waals surface area (Å²) < 4.78 is 159. The summed E-state index contributed by atoms with van der Waals surface area (Å²) in [4.78, 5) is -0.467. The molecule has 6 rings (SSSR count). The van der Waals surface area contributed by atoms with Crippen molar-refractivity contribution in [2.75, 3.05) is 0 Å². The molecule has 0 radical (unpaired) electrons. The van der Waals surface area contributed by atoms with Crippen LogP contribution in [0.2, 0.25) is 0 Å². The van der Waals surface area contributed by atoms with E-state index in [1.54, 1.807) is 72.8 Å². The summed E-state index contributed by atoms with van der Waals surface area (Å²) in [6.07, 6.45) is -7.24. The van der Waals surface area contributed by atoms with Crippen molar-refractivity contribution in [2.45, 2.75) is 38.0 Å². The van der Waals surface area contributed by atoms with Crippen molar-refractivity contribution in [1.82, 2.24) is 0 Å². The molecule has 0 spiro atoms. The van der Waals surface area contributed by atoms with E-state index in [0.717, 1.165) is 0 Å².